The summed E-state index contributed by atoms with van der Waals surface area (Å²) in [5, 5.41) is 4.37. The Hall–Kier alpha value is -2.23. The molecule has 0 aliphatic rings. The second kappa shape index (κ2) is 9.81. The largest absolute Gasteiger partial charge is 0.456 e. The molecule has 2 rings (SSSR count). The Kier molecular flexibility index (Phi) is 7.73. The molecule has 0 aliphatic heterocycles. The molecule has 0 atom stereocenters. The molecule has 0 unspecified atom stereocenters. The number of amides is 1. The maximum Gasteiger partial charge on any atom is 0.306 e. The summed E-state index contributed by atoms with van der Waals surface area (Å²) in [5.41, 5.74) is 2.82. The molecule has 28 heavy (non-hydrogen) atoms. The van der Waals surface area contributed by atoms with Gasteiger partial charge in [0, 0.05) is 25.7 Å². The van der Waals surface area contributed by atoms with Crippen LogP contribution in [-0.4, -0.2) is 44.8 Å². The van der Waals surface area contributed by atoms with Gasteiger partial charge in [-0.1, -0.05) is 12.1 Å². The molecule has 0 bridgehead atoms. The van der Waals surface area contributed by atoms with Gasteiger partial charge in [-0.15, -0.1) is 11.3 Å². The van der Waals surface area contributed by atoms with Crippen molar-refractivity contribution in [3.8, 4) is 0 Å². The number of carbonyl (C=O) groups is 2. The van der Waals surface area contributed by atoms with Gasteiger partial charge in [-0.05, 0) is 55.0 Å². The fourth-order valence-corrected chi connectivity index (χ4v) is 4.77. The van der Waals surface area contributed by atoms with Crippen LogP contribution >= 0.6 is 11.3 Å². The summed E-state index contributed by atoms with van der Waals surface area (Å²) in [7, 11) is -2.06. The number of benzene rings is 1. The van der Waals surface area contributed by atoms with Crippen LogP contribution in [0.5, 0.6) is 0 Å². The van der Waals surface area contributed by atoms with Gasteiger partial charge in [-0.25, -0.2) is 12.7 Å². The van der Waals surface area contributed by atoms with E-state index in [9.17, 15) is 18.0 Å². The number of rotatable bonds is 9. The van der Waals surface area contributed by atoms with Gasteiger partial charge < -0.3 is 10.1 Å². The van der Waals surface area contributed by atoms with E-state index in [1.54, 1.807) is 23.6 Å². The van der Waals surface area contributed by atoms with Crippen molar-refractivity contribution in [2.24, 2.45) is 0 Å². The number of thiophene rings is 1. The first kappa shape index (κ1) is 22.1. The zero-order valence-electron chi connectivity index (χ0n) is 16.1. The van der Waals surface area contributed by atoms with Crippen LogP contribution in [0.1, 0.15) is 24.0 Å². The number of hydrogen-bond acceptors (Lipinski definition) is 6. The number of anilines is 1. The average molecular weight is 425 g/mol. The Morgan fingerprint density at radius 2 is 1.93 bits per heavy atom. The Labute approximate surface area is 169 Å². The Bertz CT molecular complexity index is 924. The van der Waals surface area contributed by atoms with Gasteiger partial charge in [0.15, 0.2) is 6.61 Å². The number of hydrogen-bond donors (Lipinski definition) is 1. The van der Waals surface area contributed by atoms with Crippen LogP contribution in [0.3, 0.4) is 0 Å². The summed E-state index contributed by atoms with van der Waals surface area (Å²) in [6, 6.07) is 8.74. The quantitative estimate of drug-likeness (QED) is 0.625. The second-order valence-corrected chi connectivity index (χ2v) is 9.59. The summed E-state index contributed by atoms with van der Waals surface area (Å²) in [4.78, 5) is 23.7. The highest BCUT2D eigenvalue weighted by atomic mass is 32.2. The summed E-state index contributed by atoms with van der Waals surface area (Å²) in [6.07, 6.45) is 0.333. The number of carbonyl (C=O) groups excluding carboxylic acids is 2. The number of nitrogens with one attached hydrogen (secondary N) is 1. The molecule has 1 aromatic carbocycles. The minimum absolute atomic E-state index is 0.0290. The fraction of sp³-hybridized carbons (Fsp3) is 0.368. The van der Waals surface area contributed by atoms with Crippen molar-refractivity contribution in [1.82, 2.24) is 4.31 Å². The van der Waals surface area contributed by atoms with Crippen LogP contribution in [-0.2, 0) is 24.3 Å². The van der Waals surface area contributed by atoms with Crippen molar-refractivity contribution >= 4 is 38.9 Å². The van der Waals surface area contributed by atoms with Gasteiger partial charge in [0.1, 0.15) is 4.21 Å². The summed E-state index contributed by atoms with van der Waals surface area (Å²) >= 11 is 1.15. The Morgan fingerprint density at radius 3 is 2.57 bits per heavy atom. The van der Waals surface area contributed by atoms with Crippen LogP contribution in [0.15, 0.2) is 39.9 Å². The van der Waals surface area contributed by atoms with Crippen LogP contribution in [0, 0.1) is 13.8 Å². The molecule has 0 saturated carbocycles. The van der Waals surface area contributed by atoms with Crippen LogP contribution in [0.4, 0.5) is 5.69 Å². The number of nitrogens with zero attached hydrogens (tertiary/aromatic N) is 1. The van der Waals surface area contributed by atoms with Crippen LogP contribution in [0.25, 0.3) is 0 Å². The summed E-state index contributed by atoms with van der Waals surface area (Å²) < 4.78 is 31.0. The molecule has 0 saturated heterocycles. The molecule has 1 heterocycles. The smallest absolute Gasteiger partial charge is 0.306 e. The lowest BCUT2D eigenvalue weighted by atomic mass is 10.1. The van der Waals surface area contributed by atoms with Crippen LogP contribution in [0.2, 0.25) is 0 Å². The number of esters is 1. The molecule has 1 amide bonds. The van der Waals surface area contributed by atoms with E-state index in [1.807, 2.05) is 26.0 Å². The zero-order chi connectivity index (χ0) is 20.7. The molecular formula is C19H24N2O5S2. The number of sulfonamides is 1. The van der Waals surface area contributed by atoms with Gasteiger partial charge >= 0.3 is 5.97 Å². The van der Waals surface area contributed by atoms with E-state index in [4.69, 9.17) is 4.74 Å². The first-order valence-corrected chi connectivity index (χ1v) is 11.0. The monoisotopic (exact) mass is 424 g/mol. The van der Waals surface area contributed by atoms with Crippen molar-refractivity contribution < 1.29 is 22.7 Å². The van der Waals surface area contributed by atoms with E-state index in [0.29, 0.717) is 12.1 Å². The predicted octanol–water partition coefficient (Wildman–Crippen LogP) is 2.95. The molecule has 0 spiro atoms. The van der Waals surface area contributed by atoms with E-state index in [1.165, 1.54) is 11.4 Å². The van der Waals surface area contributed by atoms with Gasteiger partial charge in [-0.3, -0.25) is 9.59 Å². The van der Waals surface area contributed by atoms with E-state index in [-0.39, 0.29) is 23.8 Å². The standard InChI is InChI=1S/C19H24N2O5S2/c1-14-8-9-16(12-15(14)2)20-17(22)13-26-18(23)6-4-10-21(3)28(24,25)19-7-5-11-27-19/h5,7-9,11-12H,4,6,10,13H2,1-3H3,(H,20,22). The third-order valence-electron chi connectivity index (χ3n) is 4.17. The lowest BCUT2D eigenvalue weighted by Gasteiger charge is -2.15. The topological polar surface area (TPSA) is 92.8 Å². The van der Waals surface area contributed by atoms with Crippen molar-refractivity contribution in [3.05, 3.63) is 46.8 Å². The Balaban J connectivity index is 1.71. The van der Waals surface area contributed by atoms with Gasteiger partial charge in [0.05, 0.1) is 0 Å². The van der Waals surface area contributed by atoms with E-state index < -0.39 is 21.9 Å². The van der Waals surface area contributed by atoms with Crippen molar-refractivity contribution in [3.63, 3.8) is 0 Å². The Morgan fingerprint density at radius 1 is 1.18 bits per heavy atom. The number of ether oxygens (including phenoxy) is 1. The first-order valence-electron chi connectivity index (χ1n) is 8.72. The molecule has 0 radical (unpaired) electrons. The highest BCUT2D eigenvalue weighted by Crippen LogP contribution is 2.20. The third-order valence-corrected chi connectivity index (χ3v) is 7.40. The van der Waals surface area contributed by atoms with Crippen LogP contribution < -0.4 is 5.32 Å². The zero-order valence-corrected chi connectivity index (χ0v) is 17.7. The molecule has 1 N–H and O–H groups in total. The second-order valence-electron chi connectivity index (χ2n) is 6.37. The molecule has 7 nitrogen and oxygen atoms in total. The normalized spacial score (nSPS) is 11.4. The molecular weight excluding hydrogens is 400 g/mol. The highest BCUT2D eigenvalue weighted by molar-refractivity contribution is 7.91. The minimum Gasteiger partial charge on any atom is -0.456 e. The fourth-order valence-electron chi connectivity index (χ4n) is 2.36. The van der Waals surface area contributed by atoms with Crippen molar-refractivity contribution in [1.29, 1.82) is 0 Å². The molecule has 0 fully saturated rings. The van der Waals surface area contributed by atoms with E-state index in [2.05, 4.69) is 5.32 Å². The highest BCUT2D eigenvalue weighted by Gasteiger charge is 2.21. The average Bonchev–Trinajstić information content (AvgIpc) is 3.18. The molecule has 9 heteroatoms. The van der Waals surface area contributed by atoms with E-state index >= 15 is 0 Å². The van der Waals surface area contributed by atoms with Gasteiger partial charge in [0.2, 0.25) is 0 Å². The predicted molar refractivity (Wildman–Crippen MR) is 109 cm³/mol. The van der Waals surface area contributed by atoms with Crippen molar-refractivity contribution in [2.45, 2.75) is 30.9 Å². The minimum atomic E-state index is -3.52. The summed E-state index contributed by atoms with van der Waals surface area (Å²) in [5.74, 6) is -0.967. The number of aryl methyl sites for hydroxylation is 2. The third kappa shape index (κ3) is 6.15. The molecule has 152 valence electrons. The molecule has 0 aliphatic carbocycles. The van der Waals surface area contributed by atoms with Crippen molar-refractivity contribution in [2.75, 3.05) is 25.5 Å². The van der Waals surface area contributed by atoms with Gasteiger partial charge in [-0.2, -0.15) is 0 Å². The SMILES string of the molecule is Cc1ccc(NC(=O)COC(=O)CCCN(C)S(=O)(=O)c2cccs2)cc1C. The maximum absolute atomic E-state index is 12.3. The molecule has 2 aromatic rings. The molecule has 1 aromatic heterocycles. The van der Waals surface area contributed by atoms with E-state index in [0.717, 1.165) is 22.5 Å². The van der Waals surface area contributed by atoms with Gasteiger partial charge in [0.25, 0.3) is 15.9 Å². The first-order chi connectivity index (χ1) is 13.2. The summed E-state index contributed by atoms with van der Waals surface area (Å²) in [6.45, 7) is 3.73. The lowest BCUT2D eigenvalue weighted by Crippen LogP contribution is -2.28. The maximum atomic E-state index is 12.3. The lowest BCUT2D eigenvalue weighted by molar-refractivity contribution is -0.147.